The predicted molar refractivity (Wildman–Crippen MR) is 49.0 cm³/mol. The summed E-state index contributed by atoms with van der Waals surface area (Å²) in [5, 5.41) is 0. The van der Waals surface area contributed by atoms with Crippen molar-refractivity contribution in [2.45, 2.75) is 3.42 Å². The Balaban J connectivity index is 1.82. The van der Waals surface area contributed by atoms with Gasteiger partial charge >= 0.3 is 0 Å². The first-order chi connectivity index (χ1) is 5.29. The molecule has 0 amide bonds. The lowest BCUT2D eigenvalue weighted by Crippen LogP contribution is -3.10. The lowest BCUT2D eigenvalue weighted by molar-refractivity contribution is -0.570. The van der Waals surface area contributed by atoms with Gasteiger partial charge in [-0.2, -0.15) is 0 Å². The number of halogens is 1. The fourth-order valence-electron chi connectivity index (χ4n) is 5.68. The molecule has 0 atom stereocenters. The third-order valence-corrected chi connectivity index (χ3v) is 7.92. The van der Waals surface area contributed by atoms with Crippen LogP contribution in [0.4, 0.5) is 0 Å². The molecule has 6 rings (SSSR count). The van der Waals surface area contributed by atoms with E-state index in [1.807, 2.05) is 0 Å². The van der Waals surface area contributed by atoms with E-state index in [0.717, 1.165) is 38.9 Å². The maximum atomic E-state index is 5.62. The first-order valence-electron chi connectivity index (χ1n) is 4.46. The summed E-state index contributed by atoms with van der Waals surface area (Å²) in [6.45, 7) is 0. The van der Waals surface area contributed by atoms with E-state index in [-0.39, 0.29) is 0 Å². The molecule has 0 N–H and O–H groups in total. The number of rotatable bonds is 0. The third-order valence-electron chi connectivity index (χ3n) is 5.76. The highest BCUT2D eigenvalue weighted by Crippen LogP contribution is 3.08. The van der Waals surface area contributed by atoms with E-state index in [2.05, 4.69) is 28.5 Å². The van der Waals surface area contributed by atoms with Gasteiger partial charge in [-0.05, 0) is 35.5 Å². The Bertz CT molecular complexity index is 308. The van der Waals surface area contributed by atoms with Gasteiger partial charge in [0.05, 0.1) is 0 Å². The molecule has 6 aliphatic rings. The molecule has 0 aliphatic heterocycles. The summed E-state index contributed by atoms with van der Waals surface area (Å²) in [6, 6.07) is 0. The maximum absolute atomic E-state index is 5.62. The minimum atomic E-state index is 0.507. The van der Waals surface area contributed by atoms with E-state index in [1.165, 1.54) is 0 Å². The SMILES string of the molecule is C#CC12C3C4C1C1C2C3C41I. The zero-order valence-electron chi connectivity index (χ0n) is 5.92. The van der Waals surface area contributed by atoms with Gasteiger partial charge in [-0.15, -0.1) is 6.42 Å². The first kappa shape index (κ1) is 5.11. The zero-order valence-corrected chi connectivity index (χ0v) is 8.08. The molecule has 0 unspecified atom stereocenters. The number of terminal acetylenes is 1. The highest BCUT2D eigenvalue weighted by Gasteiger charge is 3.09. The molecule has 1 heteroatoms. The zero-order chi connectivity index (χ0) is 7.17. The summed E-state index contributed by atoms with van der Waals surface area (Å²) in [4.78, 5) is 0. The largest absolute Gasteiger partial charge is 0.119 e. The molecular formula is C10H7I. The van der Waals surface area contributed by atoms with Crippen LogP contribution >= 0.6 is 22.6 Å². The molecule has 11 heavy (non-hydrogen) atoms. The van der Waals surface area contributed by atoms with Crippen molar-refractivity contribution < 1.29 is 0 Å². The summed E-state index contributed by atoms with van der Waals surface area (Å²) < 4.78 is 0.816. The molecule has 0 aromatic heterocycles. The van der Waals surface area contributed by atoms with E-state index >= 15 is 0 Å². The summed E-state index contributed by atoms with van der Waals surface area (Å²) >= 11 is 2.73. The summed E-state index contributed by atoms with van der Waals surface area (Å²) in [7, 11) is 0. The quantitative estimate of drug-likeness (QED) is 0.349. The van der Waals surface area contributed by atoms with Gasteiger partial charge in [0.15, 0.2) is 0 Å². The van der Waals surface area contributed by atoms with Gasteiger partial charge in [-0.25, -0.2) is 0 Å². The Morgan fingerprint density at radius 2 is 1.45 bits per heavy atom. The molecule has 0 bridgehead atoms. The molecule has 6 fully saturated rings. The van der Waals surface area contributed by atoms with Crippen LogP contribution in [-0.2, 0) is 0 Å². The van der Waals surface area contributed by atoms with Crippen LogP contribution < -0.4 is 0 Å². The fourth-order valence-corrected chi connectivity index (χ4v) is 8.01. The summed E-state index contributed by atoms with van der Waals surface area (Å²) in [5.74, 6) is 9.45. The predicted octanol–water partition coefficient (Wildman–Crippen LogP) is 1.54. The summed E-state index contributed by atoms with van der Waals surface area (Å²) in [5.41, 5.74) is 0.507. The molecular weight excluding hydrogens is 247 g/mol. The van der Waals surface area contributed by atoms with Crippen molar-refractivity contribution in [2.75, 3.05) is 0 Å². The molecule has 0 nitrogen and oxygen atoms in total. The normalized spacial score (nSPS) is 94.5. The van der Waals surface area contributed by atoms with E-state index in [4.69, 9.17) is 6.42 Å². The number of hydrogen-bond donors (Lipinski definition) is 0. The second-order valence-corrected chi connectivity index (χ2v) is 6.93. The molecule has 0 aromatic carbocycles. The van der Waals surface area contributed by atoms with Crippen molar-refractivity contribution >= 4 is 22.6 Å². The Morgan fingerprint density at radius 1 is 1.00 bits per heavy atom. The third kappa shape index (κ3) is 0.177. The summed E-state index contributed by atoms with van der Waals surface area (Å²) in [6.07, 6.45) is 5.62. The highest BCUT2D eigenvalue weighted by atomic mass is 127. The fraction of sp³-hybridized carbons (Fsp3) is 0.800. The van der Waals surface area contributed by atoms with Crippen LogP contribution in [0.2, 0.25) is 0 Å². The van der Waals surface area contributed by atoms with Crippen LogP contribution in [-0.4, -0.2) is 3.42 Å². The lowest BCUT2D eigenvalue weighted by atomic mass is 8.96. The van der Waals surface area contributed by atoms with Gasteiger partial charge < -0.3 is 0 Å². The smallest absolute Gasteiger partial charge is 0.0415 e. The second-order valence-electron chi connectivity index (χ2n) is 5.06. The standard InChI is InChI=1S/C10H7I/c1-2-9-3-6-4(9)8-5(9)7(3)10(6,8)11/h1,3-8H. The van der Waals surface area contributed by atoms with Crippen molar-refractivity contribution in [3.05, 3.63) is 0 Å². The van der Waals surface area contributed by atoms with Crippen molar-refractivity contribution in [3.63, 3.8) is 0 Å². The van der Waals surface area contributed by atoms with Crippen LogP contribution in [0, 0.1) is 53.3 Å². The monoisotopic (exact) mass is 254 g/mol. The molecule has 0 aromatic rings. The minimum absolute atomic E-state index is 0.507. The molecule has 0 spiro atoms. The highest BCUT2D eigenvalue weighted by molar-refractivity contribution is 14.1. The topological polar surface area (TPSA) is 0 Å². The molecule has 0 saturated heterocycles. The van der Waals surface area contributed by atoms with Crippen molar-refractivity contribution in [1.82, 2.24) is 0 Å². The minimum Gasteiger partial charge on any atom is -0.119 e. The van der Waals surface area contributed by atoms with Gasteiger partial charge in [-0.1, -0.05) is 28.5 Å². The van der Waals surface area contributed by atoms with Crippen molar-refractivity contribution in [1.29, 1.82) is 0 Å². The first-order valence-corrected chi connectivity index (χ1v) is 5.54. The van der Waals surface area contributed by atoms with Crippen LogP contribution in [0.15, 0.2) is 0 Å². The molecule has 0 radical (unpaired) electrons. The van der Waals surface area contributed by atoms with Gasteiger partial charge in [-0.3, -0.25) is 0 Å². The Labute approximate surface area is 79.3 Å². The van der Waals surface area contributed by atoms with Gasteiger partial charge in [0.2, 0.25) is 0 Å². The maximum Gasteiger partial charge on any atom is 0.0415 e. The van der Waals surface area contributed by atoms with Crippen LogP contribution in [0.25, 0.3) is 0 Å². The van der Waals surface area contributed by atoms with E-state index in [9.17, 15) is 0 Å². The van der Waals surface area contributed by atoms with E-state index < -0.39 is 0 Å². The number of alkyl halides is 1. The van der Waals surface area contributed by atoms with Gasteiger partial charge in [0.1, 0.15) is 0 Å². The average molecular weight is 254 g/mol. The van der Waals surface area contributed by atoms with Gasteiger partial charge in [0, 0.05) is 8.84 Å². The van der Waals surface area contributed by atoms with Crippen LogP contribution in [0.3, 0.4) is 0 Å². The molecule has 6 aliphatic carbocycles. The van der Waals surface area contributed by atoms with Crippen molar-refractivity contribution in [2.24, 2.45) is 40.9 Å². The number of hydrogen-bond acceptors (Lipinski definition) is 0. The molecule has 0 heterocycles. The van der Waals surface area contributed by atoms with Crippen LogP contribution in [0.1, 0.15) is 0 Å². The molecule has 54 valence electrons. The van der Waals surface area contributed by atoms with Gasteiger partial charge in [0.25, 0.3) is 0 Å². The lowest BCUT2D eigenvalue weighted by Gasteiger charge is -3.09. The van der Waals surface area contributed by atoms with Crippen LogP contribution in [0.5, 0.6) is 0 Å². The van der Waals surface area contributed by atoms with Crippen molar-refractivity contribution in [3.8, 4) is 12.3 Å². The van der Waals surface area contributed by atoms with E-state index in [0.29, 0.717) is 5.41 Å². The Hall–Kier alpha value is 0.290. The Morgan fingerprint density at radius 3 is 1.82 bits per heavy atom. The van der Waals surface area contributed by atoms with E-state index in [1.54, 1.807) is 0 Å². The average Bonchev–Trinajstić information content (AvgIpc) is 2.06. The second kappa shape index (κ2) is 0.907. The Kier molecular flexibility index (Phi) is 0.422. The molecule has 6 saturated carbocycles.